The third-order valence-electron chi connectivity index (χ3n) is 3.63. The highest BCUT2D eigenvalue weighted by Gasteiger charge is 2.27. The van der Waals surface area contributed by atoms with Gasteiger partial charge in [0.1, 0.15) is 15.9 Å². The van der Waals surface area contributed by atoms with Crippen LogP contribution >= 0.6 is 0 Å². The molecule has 0 aliphatic rings. The minimum Gasteiger partial charge on any atom is -0.325 e. The summed E-state index contributed by atoms with van der Waals surface area (Å²) >= 11 is 0. The van der Waals surface area contributed by atoms with E-state index < -0.39 is 49.2 Å². The Morgan fingerprint density at radius 3 is 2.21 bits per heavy atom. The molecule has 0 aliphatic carbocycles. The number of sulfonamides is 1. The molecule has 7 nitrogen and oxygen atoms in total. The highest BCUT2D eigenvalue weighted by Crippen LogP contribution is 2.15. The van der Waals surface area contributed by atoms with Gasteiger partial charge in [-0.3, -0.25) is 4.79 Å². The molecule has 0 aliphatic heterocycles. The van der Waals surface area contributed by atoms with Crippen molar-refractivity contribution in [2.24, 2.45) is 0 Å². The van der Waals surface area contributed by atoms with Crippen molar-refractivity contribution in [3.8, 4) is 0 Å². The standard InChI is InChI=1S/C17H18F2N2O5S2/c1-27(23,24)10-9-16(21-28(25,26)13-5-3-2-4-6-13)17(22)20-12-7-8-14(18)15(19)11-12/h2-8,11,16,21H,9-10H2,1H3,(H,20,22). The molecule has 1 amide bonds. The zero-order valence-electron chi connectivity index (χ0n) is 14.7. The van der Waals surface area contributed by atoms with Gasteiger partial charge in [0.05, 0.1) is 10.6 Å². The zero-order chi connectivity index (χ0) is 20.9. The zero-order valence-corrected chi connectivity index (χ0v) is 16.4. The van der Waals surface area contributed by atoms with Gasteiger partial charge in [0.2, 0.25) is 15.9 Å². The number of nitrogens with one attached hydrogen (secondary N) is 2. The summed E-state index contributed by atoms with van der Waals surface area (Å²) in [5.41, 5.74) is -0.104. The molecule has 2 rings (SSSR count). The number of rotatable bonds is 8. The fraction of sp³-hybridized carbons (Fsp3) is 0.235. The molecule has 2 aromatic rings. The van der Waals surface area contributed by atoms with Crippen LogP contribution in [-0.4, -0.2) is 40.8 Å². The molecule has 1 unspecified atom stereocenters. The second-order valence-electron chi connectivity index (χ2n) is 6.02. The second-order valence-corrected chi connectivity index (χ2v) is 10.00. The molecule has 0 aromatic heterocycles. The third kappa shape index (κ3) is 6.36. The maximum Gasteiger partial charge on any atom is 0.242 e. The van der Waals surface area contributed by atoms with Gasteiger partial charge in [-0.15, -0.1) is 0 Å². The maximum absolute atomic E-state index is 13.3. The minimum absolute atomic E-state index is 0.104. The van der Waals surface area contributed by atoms with Crippen molar-refractivity contribution in [2.45, 2.75) is 17.4 Å². The number of carbonyl (C=O) groups is 1. The number of benzene rings is 2. The van der Waals surface area contributed by atoms with E-state index in [1.165, 1.54) is 24.3 Å². The summed E-state index contributed by atoms with van der Waals surface area (Å²) in [6, 6.07) is 8.37. The lowest BCUT2D eigenvalue weighted by atomic mass is 10.2. The van der Waals surface area contributed by atoms with E-state index in [9.17, 15) is 30.4 Å². The fourth-order valence-corrected chi connectivity index (χ4v) is 4.15. The Kier molecular flexibility index (Phi) is 6.86. The fourth-order valence-electron chi connectivity index (χ4n) is 2.23. The molecule has 152 valence electrons. The van der Waals surface area contributed by atoms with E-state index in [1.54, 1.807) is 6.07 Å². The highest BCUT2D eigenvalue weighted by molar-refractivity contribution is 7.90. The van der Waals surface area contributed by atoms with Crippen molar-refractivity contribution in [2.75, 3.05) is 17.3 Å². The van der Waals surface area contributed by atoms with Crippen LogP contribution in [0.4, 0.5) is 14.5 Å². The van der Waals surface area contributed by atoms with Gasteiger partial charge in [-0.05, 0) is 30.7 Å². The summed E-state index contributed by atoms with van der Waals surface area (Å²) < 4.78 is 76.3. The average Bonchev–Trinajstić information content (AvgIpc) is 2.61. The number of amides is 1. The van der Waals surface area contributed by atoms with Crippen LogP contribution in [0.3, 0.4) is 0 Å². The van der Waals surface area contributed by atoms with Gasteiger partial charge in [0.15, 0.2) is 11.6 Å². The Bertz CT molecular complexity index is 1060. The lowest BCUT2D eigenvalue weighted by Crippen LogP contribution is -2.44. The van der Waals surface area contributed by atoms with Crippen LogP contribution in [0.5, 0.6) is 0 Å². The Hall–Kier alpha value is -2.37. The molecule has 0 radical (unpaired) electrons. The summed E-state index contributed by atoms with van der Waals surface area (Å²) in [6.07, 6.45) is 0.601. The third-order valence-corrected chi connectivity index (χ3v) is 6.10. The molecule has 0 saturated heterocycles. The molecule has 11 heteroatoms. The van der Waals surface area contributed by atoms with Gasteiger partial charge in [0.25, 0.3) is 0 Å². The van der Waals surface area contributed by atoms with Crippen LogP contribution in [-0.2, 0) is 24.7 Å². The van der Waals surface area contributed by atoms with Gasteiger partial charge >= 0.3 is 0 Å². The lowest BCUT2D eigenvalue weighted by Gasteiger charge is -2.18. The topological polar surface area (TPSA) is 109 Å². The number of hydrogen-bond donors (Lipinski definition) is 2. The molecule has 28 heavy (non-hydrogen) atoms. The van der Waals surface area contributed by atoms with Crippen molar-refractivity contribution in [3.63, 3.8) is 0 Å². The van der Waals surface area contributed by atoms with Crippen molar-refractivity contribution >= 4 is 31.5 Å². The monoisotopic (exact) mass is 432 g/mol. The lowest BCUT2D eigenvalue weighted by molar-refractivity contribution is -0.117. The first-order valence-corrected chi connectivity index (χ1v) is 11.5. The van der Waals surface area contributed by atoms with E-state index in [4.69, 9.17) is 0 Å². The molecular formula is C17H18F2N2O5S2. The molecule has 0 saturated carbocycles. The van der Waals surface area contributed by atoms with Crippen molar-refractivity contribution < 1.29 is 30.4 Å². The second kappa shape index (κ2) is 8.76. The van der Waals surface area contributed by atoms with Gasteiger partial charge in [-0.2, -0.15) is 4.72 Å². The largest absolute Gasteiger partial charge is 0.325 e. The van der Waals surface area contributed by atoms with E-state index in [0.717, 1.165) is 24.5 Å². The maximum atomic E-state index is 13.3. The summed E-state index contributed by atoms with van der Waals surface area (Å²) in [7, 11) is -7.60. The predicted octanol–water partition coefficient (Wildman–Crippen LogP) is 1.69. The van der Waals surface area contributed by atoms with Gasteiger partial charge < -0.3 is 5.32 Å². The molecule has 0 heterocycles. The van der Waals surface area contributed by atoms with Crippen LogP contribution in [0.25, 0.3) is 0 Å². The van der Waals surface area contributed by atoms with Crippen LogP contribution in [0.1, 0.15) is 6.42 Å². The predicted molar refractivity (Wildman–Crippen MR) is 99.9 cm³/mol. The molecule has 2 aromatic carbocycles. The van der Waals surface area contributed by atoms with Gasteiger partial charge in [-0.25, -0.2) is 25.6 Å². The van der Waals surface area contributed by atoms with E-state index in [2.05, 4.69) is 10.0 Å². The Balaban J connectivity index is 2.25. The van der Waals surface area contributed by atoms with Crippen LogP contribution < -0.4 is 10.0 Å². The van der Waals surface area contributed by atoms with Gasteiger partial charge in [-0.1, -0.05) is 18.2 Å². The highest BCUT2D eigenvalue weighted by atomic mass is 32.2. The van der Waals surface area contributed by atoms with E-state index in [0.29, 0.717) is 0 Å². The van der Waals surface area contributed by atoms with Crippen molar-refractivity contribution in [1.29, 1.82) is 0 Å². The number of sulfone groups is 1. The number of halogens is 2. The summed E-state index contributed by atoms with van der Waals surface area (Å²) in [5, 5.41) is 2.25. The first-order valence-electron chi connectivity index (χ1n) is 7.99. The Labute approximate surface area is 161 Å². The van der Waals surface area contributed by atoms with Crippen molar-refractivity contribution in [1.82, 2.24) is 4.72 Å². The van der Waals surface area contributed by atoms with Crippen molar-refractivity contribution in [3.05, 3.63) is 60.2 Å². The minimum atomic E-state index is -4.12. The van der Waals surface area contributed by atoms with E-state index in [-0.39, 0.29) is 17.0 Å². The average molecular weight is 432 g/mol. The molecule has 2 N–H and O–H groups in total. The molecule has 0 bridgehead atoms. The van der Waals surface area contributed by atoms with Crippen LogP contribution in [0, 0.1) is 11.6 Å². The number of carbonyl (C=O) groups excluding carboxylic acids is 1. The SMILES string of the molecule is CS(=O)(=O)CCC(NS(=O)(=O)c1ccccc1)C(=O)Nc1ccc(F)c(F)c1. The normalized spacial score (nSPS) is 13.1. The summed E-state index contributed by atoms with van der Waals surface area (Å²) in [4.78, 5) is 12.4. The smallest absolute Gasteiger partial charge is 0.242 e. The summed E-state index contributed by atoms with van der Waals surface area (Å²) in [6.45, 7) is 0. The quantitative estimate of drug-likeness (QED) is 0.660. The Morgan fingerprint density at radius 1 is 1.00 bits per heavy atom. The molecule has 0 spiro atoms. The number of anilines is 1. The number of hydrogen-bond acceptors (Lipinski definition) is 5. The molecular weight excluding hydrogens is 414 g/mol. The first kappa shape index (κ1) is 21.9. The van der Waals surface area contributed by atoms with Crippen LogP contribution in [0.2, 0.25) is 0 Å². The Morgan fingerprint density at radius 2 is 1.64 bits per heavy atom. The molecule has 0 fully saturated rings. The van der Waals surface area contributed by atoms with Gasteiger partial charge in [0, 0.05) is 18.0 Å². The molecule has 1 atom stereocenters. The van der Waals surface area contributed by atoms with E-state index in [1.807, 2.05) is 0 Å². The first-order chi connectivity index (χ1) is 13.0. The van der Waals surface area contributed by atoms with E-state index >= 15 is 0 Å². The van der Waals surface area contributed by atoms with Crippen LogP contribution in [0.15, 0.2) is 53.4 Å². The summed E-state index contributed by atoms with van der Waals surface area (Å²) in [5.74, 6) is -3.68.